The van der Waals surface area contributed by atoms with Crippen molar-refractivity contribution in [1.82, 2.24) is 5.32 Å². The van der Waals surface area contributed by atoms with Gasteiger partial charge in [0.15, 0.2) is 0 Å². The van der Waals surface area contributed by atoms with E-state index in [4.69, 9.17) is 10.5 Å². The van der Waals surface area contributed by atoms with Crippen molar-refractivity contribution < 1.29 is 19.1 Å². The fraction of sp³-hybridized carbons (Fsp3) is 0.700. The van der Waals surface area contributed by atoms with E-state index in [1.807, 2.05) is 0 Å². The molecule has 6 nitrogen and oxygen atoms in total. The van der Waals surface area contributed by atoms with Crippen LogP contribution < -0.4 is 11.1 Å². The second-order valence-corrected chi connectivity index (χ2v) is 4.44. The second-order valence-electron chi connectivity index (χ2n) is 3.41. The lowest BCUT2D eigenvalue weighted by Crippen LogP contribution is -2.38. The summed E-state index contributed by atoms with van der Waals surface area (Å²) in [6.45, 7) is 4.85. The standard InChI is InChI=1S/C10H18N2O4S/c1-4-16-9(14)8(11)5-17-10(15)6(2)12-7(3)13/h6,8H,4-5,11H2,1-3H3,(H,12,13)/t6-,8-/m0/s1. The molecule has 0 aliphatic rings. The molecule has 0 aromatic rings. The summed E-state index contributed by atoms with van der Waals surface area (Å²) in [7, 11) is 0. The number of hydrogen-bond acceptors (Lipinski definition) is 6. The molecule has 0 aromatic carbocycles. The first-order valence-corrected chi connectivity index (χ1v) is 6.23. The van der Waals surface area contributed by atoms with Crippen LogP contribution in [-0.2, 0) is 19.1 Å². The van der Waals surface area contributed by atoms with Gasteiger partial charge in [-0.2, -0.15) is 0 Å². The Labute approximate surface area is 105 Å². The number of carbonyl (C=O) groups is 3. The second kappa shape index (κ2) is 8.08. The number of thioether (sulfide) groups is 1. The van der Waals surface area contributed by atoms with Crippen LogP contribution in [0.4, 0.5) is 0 Å². The van der Waals surface area contributed by atoms with E-state index >= 15 is 0 Å². The molecule has 0 heterocycles. The average molecular weight is 262 g/mol. The fourth-order valence-corrected chi connectivity index (χ4v) is 1.77. The molecule has 0 unspecified atom stereocenters. The molecular weight excluding hydrogens is 244 g/mol. The van der Waals surface area contributed by atoms with Gasteiger partial charge in [0.05, 0.1) is 12.6 Å². The number of nitrogens with one attached hydrogen (secondary N) is 1. The molecule has 2 atom stereocenters. The molecular formula is C10H18N2O4S. The monoisotopic (exact) mass is 262 g/mol. The number of esters is 1. The van der Waals surface area contributed by atoms with Crippen LogP contribution in [0.25, 0.3) is 0 Å². The highest BCUT2D eigenvalue weighted by atomic mass is 32.2. The molecule has 0 fully saturated rings. The van der Waals surface area contributed by atoms with Gasteiger partial charge in [0.2, 0.25) is 11.0 Å². The summed E-state index contributed by atoms with van der Waals surface area (Å²) in [6.07, 6.45) is 0. The third-order valence-corrected chi connectivity index (χ3v) is 2.93. The van der Waals surface area contributed by atoms with Crippen LogP contribution in [0, 0.1) is 0 Å². The molecule has 0 radical (unpaired) electrons. The van der Waals surface area contributed by atoms with E-state index in [9.17, 15) is 14.4 Å². The van der Waals surface area contributed by atoms with E-state index in [0.29, 0.717) is 0 Å². The van der Waals surface area contributed by atoms with E-state index in [-0.39, 0.29) is 23.4 Å². The molecule has 98 valence electrons. The number of hydrogen-bond donors (Lipinski definition) is 2. The quantitative estimate of drug-likeness (QED) is 0.635. The van der Waals surface area contributed by atoms with Crippen molar-refractivity contribution in [3.8, 4) is 0 Å². The van der Waals surface area contributed by atoms with Crippen molar-refractivity contribution in [2.24, 2.45) is 5.73 Å². The molecule has 0 saturated heterocycles. The van der Waals surface area contributed by atoms with E-state index in [2.05, 4.69) is 5.32 Å². The van der Waals surface area contributed by atoms with Gasteiger partial charge in [-0.15, -0.1) is 0 Å². The van der Waals surface area contributed by atoms with Crippen LogP contribution in [0.2, 0.25) is 0 Å². The lowest BCUT2D eigenvalue weighted by Gasteiger charge is -2.13. The number of ether oxygens (including phenoxy) is 1. The Kier molecular flexibility index (Phi) is 7.56. The molecule has 17 heavy (non-hydrogen) atoms. The van der Waals surface area contributed by atoms with Crippen molar-refractivity contribution >= 4 is 28.8 Å². The number of nitrogens with two attached hydrogens (primary N) is 1. The van der Waals surface area contributed by atoms with E-state index in [1.165, 1.54) is 6.92 Å². The number of amides is 1. The van der Waals surface area contributed by atoms with E-state index in [0.717, 1.165) is 11.8 Å². The molecule has 7 heteroatoms. The first-order chi connectivity index (χ1) is 7.88. The molecule has 0 aliphatic heterocycles. The zero-order valence-corrected chi connectivity index (χ0v) is 11.0. The summed E-state index contributed by atoms with van der Waals surface area (Å²) in [5, 5.41) is 2.22. The lowest BCUT2D eigenvalue weighted by molar-refractivity contribution is -0.144. The zero-order valence-electron chi connectivity index (χ0n) is 10.2. The van der Waals surface area contributed by atoms with Gasteiger partial charge in [-0.25, -0.2) is 0 Å². The Bertz CT molecular complexity index is 296. The molecule has 1 amide bonds. The van der Waals surface area contributed by atoms with Crippen molar-refractivity contribution in [2.75, 3.05) is 12.4 Å². The van der Waals surface area contributed by atoms with Gasteiger partial charge >= 0.3 is 5.97 Å². The predicted molar refractivity (Wildman–Crippen MR) is 65.4 cm³/mol. The van der Waals surface area contributed by atoms with Crippen molar-refractivity contribution in [3.05, 3.63) is 0 Å². The molecule has 3 N–H and O–H groups in total. The summed E-state index contributed by atoms with van der Waals surface area (Å²) < 4.78 is 4.70. The summed E-state index contributed by atoms with van der Waals surface area (Å²) in [5.41, 5.74) is 5.52. The third-order valence-electron chi connectivity index (χ3n) is 1.77. The molecule has 0 saturated carbocycles. The molecule has 0 bridgehead atoms. The largest absolute Gasteiger partial charge is 0.465 e. The Morgan fingerprint density at radius 2 is 2.00 bits per heavy atom. The minimum Gasteiger partial charge on any atom is -0.465 e. The maximum atomic E-state index is 11.5. The zero-order chi connectivity index (χ0) is 13.4. The van der Waals surface area contributed by atoms with Gasteiger partial charge in [-0.05, 0) is 13.8 Å². The van der Waals surface area contributed by atoms with Crippen LogP contribution in [0.5, 0.6) is 0 Å². The predicted octanol–water partition coefficient (Wildman–Crippen LogP) is -0.339. The molecule has 0 rings (SSSR count). The Morgan fingerprint density at radius 1 is 1.41 bits per heavy atom. The molecule has 0 aliphatic carbocycles. The SMILES string of the molecule is CCOC(=O)[C@@H](N)CSC(=O)[C@H](C)NC(C)=O. The van der Waals surface area contributed by atoms with E-state index < -0.39 is 18.1 Å². The Balaban J connectivity index is 3.98. The van der Waals surface area contributed by atoms with Gasteiger partial charge in [-0.3, -0.25) is 14.4 Å². The van der Waals surface area contributed by atoms with Gasteiger partial charge in [0.25, 0.3) is 0 Å². The van der Waals surface area contributed by atoms with Crippen molar-refractivity contribution in [3.63, 3.8) is 0 Å². The maximum Gasteiger partial charge on any atom is 0.323 e. The topological polar surface area (TPSA) is 98.5 Å². The molecule has 0 spiro atoms. The first kappa shape index (κ1) is 15.9. The smallest absolute Gasteiger partial charge is 0.323 e. The average Bonchev–Trinajstić information content (AvgIpc) is 2.24. The van der Waals surface area contributed by atoms with Gasteiger partial charge < -0.3 is 15.8 Å². The summed E-state index contributed by atoms with van der Waals surface area (Å²) >= 11 is 0.909. The van der Waals surface area contributed by atoms with Gasteiger partial charge in [-0.1, -0.05) is 11.8 Å². The summed E-state index contributed by atoms with van der Waals surface area (Å²) in [4.78, 5) is 33.4. The molecule has 0 aromatic heterocycles. The van der Waals surface area contributed by atoms with Crippen LogP contribution in [0.1, 0.15) is 20.8 Å². The fourth-order valence-electron chi connectivity index (χ4n) is 0.978. The third kappa shape index (κ3) is 6.96. The first-order valence-electron chi connectivity index (χ1n) is 5.24. The van der Waals surface area contributed by atoms with Crippen LogP contribution in [-0.4, -0.2) is 41.4 Å². The minimum absolute atomic E-state index is 0.140. The van der Waals surface area contributed by atoms with E-state index in [1.54, 1.807) is 13.8 Å². The number of carbonyl (C=O) groups excluding carboxylic acids is 3. The van der Waals surface area contributed by atoms with Gasteiger partial charge in [0.1, 0.15) is 6.04 Å². The normalized spacial score (nSPS) is 13.6. The van der Waals surface area contributed by atoms with Crippen molar-refractivity contribution in [2.45, 2.75) is 32.9 Å². The van der Waals surface area contributed by atoms with Crippen LogP contribution in [0.3, 0.4) is 0 Å². The Hall–Kier alpha value is -1.08. The number of rotatable bonds is 6. The van der Waals surface area contributed by atoms with Crippen LogP contribution in [0.15, 0.2) is 0 Å². The summed E-state index contributed by atoms with van der Waals surface area (Å²) in [5.74, 6) is -0.664. The highest BCUT2D eigenvalue weighted by molar-refractivity contribution is 8.13. The van der Waals surface area contributed by atoms with Gasteiger partial charge in [0, 0.05) is 12.7 Å². The minimum atomic E-state index is -0.826. The maximum absolute atomic E-state index is 11.5. The lowest BCUT2D eigenvalue weighted by atomic mass is 10.4. The van der Waals surface area contributed by atoms with Crippen molar-refractivity contribution in [1.29, 1.82) is 0 Å². The summed E-state index contributed by atoms with van der Waals surface area (Å²) in [6, 6.07) is -1.42. The highest BCUT2D eigenvalue weighted by Gasteiger charge is 2.19. The Morgan fingerprint density at radius 3 is 2.47 bits per heavy atom. The highest BCUT2D eigenvalue weighted by Crippen LogP contribution is 2.07. The van der Waals surface area contributed by atoms with Crippen LogP contribution >= 0.6 is 11.8 Å².